The first-order valence-corrected chi connectivity index (χ1v) is 4.11. The highest BCUT2D eigenvalue weighted by Crippen LogP contribution is 2.08. The molecule has 0 spiro atoms. The lowest BCUT2D eigenvalue weighted by Crippen LogP contribution is -2.37. The zero-order chi connectivity index (χ0) is 9.84. The Labute approximate surface area is 105 Å². The Kier molecular flexibility index (Phi) is 5.89. The van der Waals surface area contributed by atoms with Crippen LogP contribution >= 0.6 is 36.2 Å². The second-order valence-electron chi connectivity index (χ2n) is 2.53. The van der Waals surface area contributed by atoms with E-state index in [1.54, 1.807) is 12.3 Å². The van der Waals surface area contributed by atoms with Gasteiger partial charge in [-0.2, -0.15) is 0 Å². The molecule has 6 heteroatoms. The summed E-state index contributed by atoms with van der Waals surface area (Å²) >= 11 is 4.83. The number of hydrazine groups is 1. The molecule has 14 heavy (non-hydrogen) atoms. The Morgan fingerprint density at radius 1 is 1.57 bits per heavy atom. The number of halogens is 1. The smallest absolute Gasteiger partial charge is 0.279 e. The van der Waals surface area contributed by atoms with E-state index >= 15 is 0 Å². The fraction of sp³-hybridized carbons (Fsp3) is 0.250. The van der Waals surface area contributed by atoms with Crippen LogP contribution in [0, 0.1) is 6.92 Å². The van der Waals surface area contributed by atoms with Crippen LogP contribution in [0.5, 0.6) is 0 Å². The Morgan fingerprint density at radius 3 is 2.64 bits per heavy atom. The van der Waals surface area contributed by atoms with Gasteiger partial charge in [0.05, 0.1) is 7.11 Å². The highest BCUT2D eigenvalue weighted by molar-refractivity contribution is 14.0. The summed E-state index contributed by atoms with van der Waals surface area (Å²) in [6, 6.07) is 3.68. The topological polar surface area (TPSA) is 51.4 Å². The number of nitrogens with two attached hydrogens (primary N) is 1. The molecule has 0 saturated heterocycles. The van der Waals surface area contributed by atoms with E-state index in [2.05, 4.69) is 4.98 Å². The van der Waals surface area contributed by atoms with Gasteiger partial charge in [-0.25, -0.2) is 15.8 Å². The van der Waals surface area contributed by atoms with Gasteiger partial charge in [-0.15, -0.1) is 24.0 Å². The van der Waals surface area contributed by atoms with Crippen LogP contribution in [0.15, 0.2) is 18.3 Å². The third-order valence-corrected chi connectivity index (χ3v) is 1.88. The molecule has 1 rings (SSSR count). The summed E-state index contributed by atoms with van der Waals surface area (Å²) in [5, 5.41) is 1.41. The molecule has 78 valence electrons. The van der Waals surface area contributed by atoms with Crippen molar-refractivity contribution in [2.45, 2.75) is 6.92 Å². The lowest BCUT2D eigenvalue weighted by Gasteiger charge is -2.16. The Balaban J connectivity index is 0.00000169. The lowest BCUT2D eigenvalue weighted by molar-refractivity contribution is 0.403. The summed E-state index contributed by atoms with van der Waals surface area (Å²) in [4.78, 5) is 4.08. The van der Waals surface area contributed by atoms with E-state index in [4.69, 9.17) is 22.8 Å². The Bertz CT molecular complexity index is 304. The van der Waals surface area contributed by atoms with Crippen molar-refractivity contribution in [2.24, 2.45) is 5.84 Å². The fourth-order valence-electron chi connectivity index (χ4n) is 0.794. The summed E-state index contributed by atoms with van der Waals surface area (Å²) in [5.41, 5.74) is 1.07. The standard InChI is InChI=1S/C8H11N3OS.HI/c1-6-3-4-7(10-5-6)11(9)8(13)12-2;/h3-5H,9H2,1-2H3;1H. The van der Waals surface area contributed by atoms with Crippen LogP contribution in [0.4, 0.5) is 5.82 Å². The Morgan fingerprint density at radius 2 is 2.21 bits per heavy atom. The minimum absolute atomic E-state index is 0. The molecule has 0 fully saturated rings. The number of anilines is 1. The number of pyridine rings is 1. The number of ether oxygens (including phenoxy) is 1. The number of hydrogen-bond donors (Lipinski definition) is 1. The van der Waals surface area contributed by atoms with Gasteiger partial charge in [0.2, 0.25) is 0 Å². The molecule has 0 amide bonds. The quantitative estimate of drug-likeness (QED) is 0.368. The SMILES string of the molecule is COC(=S)N(N)c1ccc(C)cn1.I. The molecule has 1 aromatic rings. The summed E-state index contributed by atoms with van der Waals surface area (Å²) in [5.74, 6) is 6.17. The maximum atomic E-state index is 5.60. The largest absolute Gasteiger partial charge is 0.473 e. The highest BCUT2D eigenvalue weighted by atomic mass is 127. The van der Waals surface area contributed by atoms with Crippen LogP contribution in [0.3, 0.4) is 0 Å². The number of aryl methyl sites for hydroxylation is 1. The number of rotatable bonds is 1. The van der Waals surface area contributed by atoms with Crippen molar-refractivity contribution < 1.29 is 4.74 Å². The van der Waals surface area contributed by atoms with Crippen molar-refractivity contribution in [3.8, 4) is 0 Å². The van der Waals surface area contributed by atoms with Gasteiger partial charge in [0.1, 0.15) is 0 Å². The van der Waals surface area contributed by atoms with E-state index in [1.807, 2.05) is 13.0 Å². The lowest BCUT2D eigenvalue weighted by atomic mass is 10.3. The van der Waals surface area contributed by atoms with Crippen LogP contribution in [-0.2, 0) is 4.74 Å². The number of hydrogen-bond acceptors (Lipinski definition) is 4. The molecule has 0 radical (unpaired) electrons. The summed E-state index contributed by atoms with van der Waals surface area (Å²) in [7, 11) is 1.47. The highest BCUT2D eigenvalue weighted by Gasteiger charge is 2.07. The monoisotopic (exact) mass is 325 g/mol. The van der Waals surface area contributed by atoms with Crippen LogP contribution in [-0.4, -0.2) is 17.3 Å². The molecule has 0 atom stereocenters. The molecule has 0 bridgehead atoms. The minimum Gasteiger partial charge on any atom is -0.473 e. The van der Waals surface area contributed by atoms with Gasteiger partial charge < -0.3 is 4.74 Å². The summed E-state index contributed by atoms with van der Waals surface area (Å²) in [6.07, 6.45) is 1.72. The van der Waals surface area contributed by atoms with Crippen LogP contribution in [0.25, 0.3) is 0 Å². The molecular weight excluding hydrogens is 313 g/mol. The third kappa shape index (κ3) is 3.35. The number of thiocarbonyl (C=S) groups is 1. The number of nitrogens with zero attached hydrogens (tertiary/aromatic N) is 2. The molecule has 1 heterocycles. The van der Waals surface area contributed by atoms with Crippen molar-refractivity contribution in [1.82, 2.24) is 4.98 Å². The van der Waals surface area contributed by atoms with Crippen LogP contribution in [0.1, 0.15) is 5.56 Å². The van der Waals surface area contributed by atoms with Crippen LogP contribution < -0.4 is 10.9 Å². The first-order chi connectivity index (χ1) is 6.15. The van der Waals surface area contributed by atoms with Crippen molar-refractivity contribution in [3.63, 3.8) is 0 Å². The second-order valence-corrected chi connectivity index (χ2v) is 2.88. The van der Waals surface area contributed by atoms with Gasteiger partial charge in [-0.1, -0.05) is 6.07 Å². The normalized spacial score (nSPS) is 8.79. The summed E-state index contributed by atoms with van der Waals surface area (Å²) in [6.45, 7) is 1.95. The van der Waals surface area contributed by atoms with Gasteiger partial charge in [0.25, 0.3) is 5.17 Å². The molecule has 0 saturated carbocycles. The molecule has 0 aliphatic rings. The molecule has 0 aliphatic heterocycles. The van der Waals surface area contributed by atoms with E-state index in [9.17, 15) is 0 Å². The first-order valence-electron chi connectivity index (χ1n) is 3.70. The van der Waals surface area contributed by atoms with Gasteiger partial charge in [0, 0.05) is 6.20 Å². The molecule has 0 aliphatic carbocycles. The predicted octanol–water partition coefficient (Wildman–Crippen LogP) is 1.62. The predicted molar refractivity (Wildman–Crippen MR) is 70.7 cm³/mol. The third-order valence-electron chi connectivity index (χ3n) is 1.51. The average Bonchev–Trinajstić information content (AvgIpc) is 2.17. The minimum atomic E-state index is 0. The zero-order valence-electron chi connectivity index (χ0n) is 7.93. The summed E-state index contributed by atoms with van der Waals surface area (Å²) < 4.78 is 4.79. The van der Waals surface area contributed by atoms with E-state index in [0.29, 0.717) is 5.82 Å². The first kappa shape index (κ1) is 13.5. The van der Waals surface area contributed by atoms with Crippen molar-refractivity contribution in [2.75, 3.05) is 12.1 Å². The van der Waals surface area contributed by atoms with E-state index in [0.717, 1.165) is 5.56 Å². The van der Waals surface area contributed by atoms with E-state index in [1.165, 1.54) is 12.1 Å². The fourth-order valence-corrected chi connectivity index (χ4v) is 0.888. The molecule has 2 N–H and O–H groups in total. The molecule has 1 aromatic heterocycles. The maximum absolute atomic E-state index is 5.60. The number of methoxy groups -OCH3 is 1. The van der Waals surface area contributed by atoms with Crippen molar-refractivity contribution >= 4 is 47.2 Å². The van der Waals surface area contributed by atoms with E-state index < -0.39 is 0 Å². The number of aromatic nitrogens is 1. The molecule has 0 aromatic carbocycles. The van der Waals surface area contributed by atoms with E-state index in [-0.39, 0.29) is 29.2 Å². The van der Waals surface area contributed by atoms with Gasteiger partial charge in [-0.3, -0.25) is 0 Å². The van der Waals surface area contributed by atoms with Gasteiger partial charge >= 0.3 is 0 Å². The van der Waals surface area contributed by atoms with Crippen molar-refractivity contribution in [1.29, 1.82) is 0 Å². The maximum Gasteiger partial charge on any atom is 0.279 e. The second kappa shape index (κ2) is 6.10. The molecule has 0 unspecified atom stereocenters. The van der Waals surface area contributed by atoms with Gasteiger partial charge in [-0.05, 0) is 30.8 Å². The zero-order valence-corrected chi connectivity index (χ0v) is 11.1. The molecule has 4 nitrogen and oxygen atoms in total. The van der Waals surface area contributed by atoms with Gasteiger partial charge in [0.15, 0.2) is 5.82 Å². The average molecular weight is 325 g/mol. The molecular formula is C8H12IN3OS. The van der Waals surface area contributed by atoms with Crippen molar-refractivity contribution in [3.05, 3.63) is 23.9 Å². The van der Waals surface area contributed by atoms with Crippen LogP contribution in [0.2, 0.25) is 0 Å². The Hall–Kier alpha value is -0.470.